The molecular formula is C18H16F2N2O4. The minimum atomic E-state index is -2.95. The maximum atomic E-state index is 12.6. The number of hydrogen-bond donors (Lipinski definition) is 1. The number of aromatic nitrogens is 1. The van der Waals surface area contributed by atoms with Crippen LogP contribution in [0.1, 0.15) is 35.4 Å². The van der Waals surface area contributed by atoms with E-state index in [0.717, 1.165) is 0 Å². The maximum Gasteiger partial charge on any atom is 0.387 e. The smallest absolute Gasteiger partial charge is 0.387 e. The van der Waals surface area contributed by atoms with E-state index in [0.29, 0.717) is 23.5 Å². The van der Waals surface area contributed by atoms with Crippen LogP contribution in [0, 0.1) is 0 Å². The molecule has 0 aliphatic rings. The van der Waals surface area contributed by atoms with Crippen molar-refractivity contribution in [2.24, 2.45) is 0 Å². The van der Waals surface area contributed by atoms with Crippen LogP contribution < -0.4 is 10.1 Å². The third-order valence-electron chi connectivity index (χ3n) is 3.73. The zero-order valence-corrected chi connectivity index (χ0v) is 13.8. The number of ether oxygens (including phenoxy) is 1. The number of hydrogen-bond acceptors (Lipinski definition) is 5. The molecule has 0 aliphatic carbocycles. The third-order valence-corrected chi connectivity index (χ3v) is 3.73. The van der Waals surface area contributed by atoms with Gasteiger partial charge in [-0.25, -0.2) is 0 Å². The molecule has 0 saturated carbocycles. The van der Waals surface area contributed by atoms with Gasteiger partial charge in [0.15, 0.2) is 11.5 Å². The van der Waals surface area contributed by atoms with Crippen LogP contribution in [-0.4, -0.2) is 17.7 Å². The van der Waals surface area contributed by atoms with Gasteiger partial charge in [-0.05, 0) is 24.6 Å². The van der Waals surface area contributed by atoms with Crippen molar-refractivity contribution in [2.45, 2.75) is 26.0 Å². The van der Waals surface area contributed by atoms with Crippen LogP contribution in [0.5, 0.6) is 5.75 Å². The van der Waals surface area contributed by atoms with Crippen molar-refractivity contribution in [3.8, 4) is 17.3 Å². The fourth-order valence-corrected chi connectivity index (χ4v) is 2.52. The van der Waals surface area contributed by atoms with Gasteiger partial charge in [-0.15, -0.1) is 0 Å². The SMILES string of the molecule is CCC(NC(=O)c1cc(-c2ccco2)on1)c1ccccc1OC(F)F. The molecule has 136 valence electrons. The van der Waals surface area contributed by atoms with E-state index in [-0.39, 0.29) is 11.4 Å². The molecular weight excluding hydrogens is 346 g/mol. The predicted octanol–water partition coefficient (Wildman–Crippen LogP) is 4.42. The van der Waals surface area contributed by atoms with Gasteiger partial charge in [-0.3, -0.25) is 4.79 Å². The van der Waals surface area contributed by atoms with E-state index in [1.807, 2.05) is 6.92 Å². The number of furan rings is 1. The van der Waals surface area contributed by atoms with Crippen LogP contribution in [0.15, 0.2) is 57.7 Å². The van der Waals surface area contributed by atoms with Crippen molar-refractivity contribution in [3.05, 3.63) is 60.0 Å². The zero-order valence-electron chi connectivity index (χ0n) is 13.8. The number of alkyl halides is 2. The molecule has 0 bridgehead atoms. The van der Waals surface area contributed by atoms with E-state index in [2.05, 4.69) is 15.2 Å². The van der Waals surface area contributed by atoms with Crippen molar-refractivity contribution in [2.75, 3.05) is 0 Å². The standard InChI is InChI=1S/C18H16F2N2O4/c1-2-12(11-6-3-4-7-14(11)25-18(19)20)21-17(23)13-10-16(26-22-13)15-8-5-9-24-15/h3-10,12,18H,2H2,1H3,(H,21,23). The van der Waals surface area contributed by atoms with Crippen LogP contribution >= 0.6 is 0 Å². The fourth-order valence-electron chi connectivity index (χ4n) is 2.52. The largest absolute Gasteiger partial charge is 0.461 e. The lowest BCUT2D eigenvalue weighted by molar-refractivity contribution is -0.0506. The zero-order chi connectivity index (χ0) is 18.5. The van der Waals surface area contributed by atoms with E-state index < -0.39 is 18.6 Å². The van der Waals surface area contributed by atoms with Crippen molar-refractivity contribution in [1.29, 1.82) is 0 Å². The van der Waals surface area contributed by atoms with Crippen molar-refractivity contribution < 1.29 is 27.3 Å². The van der Waals surface area contributed by atoms with Gasteiger partial charge >= 0.3 is 6.61 Å². The van der Waals surface area contributed by atoms with Gasteiger partial charge in [0.2, 0.25) is 5.76 Å². The molecule has 8 heteroatoms. The Bertz CT molecular complexity index is 862. The highest BCUT2D eigenvalue weighted by Crippen LogP contribution is 2.29. The molecule has 0 aliphatic heterocycles. The molecule has 26 heavy (non-hydrogen) atoms. The van der Waals surface area contributed by atoms with Gasteiger partial charge in [0.05, 0.1) is 12.3 Å². The van der Waals surface area contributed by atoms with E-state index >= 15 is 0 Å². The molecule has 3 rings (SSSR count). The number of halogens is 2. The average Bonchev–Trinajstić information content (AvgIpc) is 3.30. The first-order valence-corrected chi connectivity index (χ1v) is 7.93. The first-order chi connectivity index (χ1) is 12.6. The monoisotopic (exact) mass is 362 g/mol. The van der Waals surface area contributed by atoms with Crippen LogP contribution in [0.2, 0.25) is 0 Å². The van der Waals surface area contributed by atoms with Gasteiger partial charge in [-0.1, -0.05) is 30.3 Å². The average molecular weight is 362 g/mol. The Morgan fingerprint density at radius 1 is 1.23 bits per heavy atom. The predicted molar refractivity (Wildman–Crippen MR) is 87.8 cm³/mol. The van der Waals surface area contributed by atoms with Crippen LogP contribution in [0.4, 0.5) is 8.78 Å². The summed E-state index contributed by atoms with van der Waals surface area (Å²) in [6, 6.07) is 10.6. The molecule has 0 saturated heterocycles. The molecule has 6 nitrogen and oxygen atoms in total. The summed E-state index contributed by atoms with van der Waals surface area (Å²) in [7, 11) is 0. The number of carbonyl (C=O) groups excluding carboxylic acids is 1. The molecule has 1 atom stereocenters. The normalized spacial score (nSPS) is 12.2. The summed E-state index contributed by atoms with van der Waals surface area (Å²) in [6.07, 6.45) is 1.95. The topological polar surface area (TPSA) is 77.5 Å². The number of amides is 1. The molecule has 2 heterocycles. The highest BCUT2D eigenvalue weighted by atomic mass is 19.3. The van der Waals surface area contributed by atoms with Gasteiger partial charge in [-0.2, -0.15) is 8.78 Å². The Balaban J connectivity index is 1.77. The molecule has 2 aromatic heterocycles. The highest BCUT2D eigenvalue weighted by molar-refractivity contribution is 5.93. The number of benzene rings is 1. The highest BCUT2D eigenvalue weighted by Gasteiger charge is 2.22. The lowest BCUT2D eigenvalue weighted by Gasteiger charge is -2.20. The summed E-state index contributed by atoms with van der Waals surface area (Å²) in [5.41, 5.74) is 0.514. The van der Waals surface area contributed by atoms with Crippen LogP contribution in [-0.2, 0) is 0 Å². The fraction of sp³-hybridized carbons (Fsp3) is 0.222. The first-order valence-electron chi connectivity index (χ1n) is 7.93. The summed E-state index contributed by atoms with van der Waals surface area (Å²) in [5, 5.41) is 6.48. The molecule has 3 aromatic rings. The second kappa shape index (κ2) is 7.81. The van der Waals surface area contributed by atoms with Gasteiger partial charge < -0.3 is 19.0 Å². The Morgan fingerprint density at radius 2 is 2.04 bits per heavy atom. The van der Waals surface area contributed by atoms with E-state index in [1.54, 1.807) is 30.3 Å². The lowest BCUT2D eigenvalue weighted by atomic mass is 10.0. The molecule has 1 amide bonds. The van der Waals surface area contributed by atoms with Crippen LogP contribution in [0.3, 0.4) is 0 Å². The summed E-state index contributed by atoms with van der Waals surface area (Å²) < 4.78 is 40.0. The number of para-hydroxylation sites is 1. The Labute approximate surface area is 147 Å². The van der Waals surface area contributed by atoms with E-state index in [1.165, 1.54) is 18.4 Å². The van der Waals surface area contributed by atoms with Crippen LogP contribution in [0.25, 0.3) is 11.5 Å². The summed E-state index contributed by atoms with van der Waals surface area (Å²) in [6.45, 7) is -1.13. The van der Waals surface area contributed by atoms with Gasteiger partial charge in [0.25, 0.3) is 5.91 Å². The second-order valence-electron chi connectivity index (χ2n) is 5.40. The summed E-state index contributed by atoms with van der Waals surface area (Å²) >= 11 is 0. The first kappa shape index (κ1) is 17.7. The summed E-state index contributed by atoms with van der Waals surface area (Å²) in [5.74, 6) is 0.283. The molecule has 0 fully saturated rings. The lowest BCUT2D eigenvalue weighted by Crippen LogP contribution is -2.28. The van der Waals surface area contributed by atoms with Crippen molar-refractivity contribution in [1.82, 2.24) is 10.5 Å². The van der Waals surface area contributed by atoms with E-state index in [4.69, 9.17) is 8.94 Å². The molecule has 0 spiro atoms. The maximum absolute atomic E-state index is 12.6. The number of carbonyl (C=O) groups is 1. The second-order valence-corrected chi connectivity index (χ2v) is 5.40. The molecule has 0 radical (unpaired) electrons. The molecule has 1 unspecified atom stereocenters. The van der Waals surface area contributed by atoms with Gasteiger partial charge in [0, 0.05) is 11.6 Å². The quantitative estimate of drug-likeness (QED) is 0.673. The minimum absolute atomic E-state index is 0.0195. The number of rotatable bonds is 7. The Hall–Kier alpha value is -3.16. The number of nitrogens with one attached hydrogen (secondary N) is 1. The minimum Gasteiger partial charge on any atom is -0.461 e. The Morgan fingerprint density at radius 3 is 2.73 bits per heavy atom. The Kier molecular flexibility index (Phi) is 5.31. The molecule has 1 aromatic carbocycles. The van der Waals surface area contributed by atoms with Gasteiger partial charge in [0.1, 0.15) is 5.75 Å². The van der Waals surface area contributed by atoms with Crippen molar-refractivity contribution >= 4 is 5.91 Å². The third kappa shape index (κ3) is 3.90. The molecule has 1 N–H and O–H groups in total. The van der Waals surface area contributed by atoms with Crippen molar-refractivity contribution in [3.63, 3.8) is 0 Å². The summed E-state index contributed by atoms with van der Waals surface area (Å²) in [4.78, 5) is 12.5. The number of nitrogens with zero attached hydrogens (tertiary/aromatic N) is 1. The van der Waals surface area contributed by atoms with E-state index in [9.17, 15) is 13.6 Å².